The minimum absolute atomic E-state index is 0.128. The van der Waals surface area contributed by atoms with Gasteiger partial charge in [0.15, 0.2) is 0 Å². The van der Waals surface area contributed by atoms with Crippen molar-refractivity contribution >= 4 is 11.9 Å². The number of aromatic nitrogens is 1. The molecule has 1 aromatic rings. The van der Waals surface area contributed by atoms with E-state index in [4.69, 9.17) is 5.11 Å². The number of carboxylic acid groups (broad SMARTS) is 1. The number of hydrogen-bond acceptors (Lipinski definition) is 3. The summed E-state index contributed by atoms with van der Waals surface area (Å²) in [4.78, 5) is 26.3. The first-order valence-corrected chi connectivity index (χ1v) is 5.92. The van der Waals surface area contributed by atoms with Gasteiger partial charge in [0.05, 0.1) is 5.56 Å². The van der Waals surface area contributed by atoms with E-state index < -0.39 is 5.97 Å². The molecule has 1 amide bonds. The molecule has 1 heterocycles. The maximum atomic E-state index is 11.8. The molecule has 0 saturated carbocycles. The molecule has 0 saturated heterocycles. The highest BCUT2D eigenvalue weighted by Gasteiger charge is 2.11. The molecule has 0 aliphatic rings. The van der Waals surface area contributed by atoms with Crippen LogP contribution in [0, 0.1) is 12.8 Å². The smallest absolute Gasteiger partial charge is 0.303 e. The van der Waals surface area contributed by atoms with Gasteiger partial charge in [-0.2, -0.15) is 0 Å². The molecule has 18 heavy (non-hydrogen) atoms. The van der Waals surface area contributed by atoms with Gasteiger partial charge in [-0.05, 0) is 31.4 Å². The van der Waals surface area contributed by atoms with Gasteiger partial charge < -0.3 is 10.4 Å². The molecule has 98 valence electrons. The van der Waals surface area contributed by atoms with Gasteiger partial charge in [0.25, 0.3) is 5.91 Å². The molecule has 0 bridgehead atoms. The van der Waals surface area contributed by atoms with Crippen LogP contribution in [0.15, 0.2) is 18.3 Å². The van der Waals surface area contributed by atoms with Gasteiger partial charge in [0, 0.05) is 24.9 Å². The van der Waals surface area contributed by atoms with Crippen LogP contribution in [0.1, 0.15) is 35.8 Å². The van der Waals surface area contributed by atoms with Crippen LogP contribution in [0.4, 0.5) is 0 Å². The number of nitrogens with zero attached hydrogens (tertiary/aromatic N) is 1. The van der Waals surface area contributed by atoms with E-state index in [0.29, 0.717) is 24.2 Å². The molecule has 1 atom stereocenters. The first-order chi connectivity index (χ1) is 8.50. The predicted molar refractivity (Wildman–Crippen MR) is 67.3 cm³/mol. The van der Waals surface area contributed by atoms with Gasteiger partial charge in [0.1, 0.15) is 0 Å². The van der Waals surface area contributed by atoms with Crippen molar-refractivity contribution in [1.29, 1.82) is 0 Å². The normalized spacial score (nSPS) is 11.9. The minimum Gasteiger partial charge on any atom is -0.481 e. The second-order valence-corrected chi connectivity index (χ2v) is 4.38. The van der Waals surface area contributed by atoms with Crippen molar-refractivity contribution in [3.05, 3.63) is 29.6 Å². The summed E-state index contributed by atoms with van der Waals surface area (Å²) in [5.41, 5.74) is 1.25. The Balaban J connectivity index is 2.42. The Kier molecular flexibility index (Phi) is 5.30. The van der Waals surface area contributed by atoms with Crippen molar-refractivity contribution < 1.29 is 14.7 Å². The number of pyridine rings is 1. The second kappa shape index (κ2) is 6.74. The highest BCUT2D eigenvalue weighted by atomic mass is 16.4. The molecule has 0 fully saturated rings. The van der Waals surface area contributed by atoms with Gasteiger partial charge in [-0.25, -0.2) is 0 Å². The zero-order valence-electron chi connectivity index (χ0n) is 10.6. The largest absolute Gasteiger partial charge is 0.481 e. The average Bonchev–Trinajstić information content (AvgIpc) is 2.34. The number of amides is 1. The third kappa shape index (κ3) is 4.53. The van der Waals surface area contributed by atoms with Crippen molar-refractivity contribution in [2.75, 3.05) is 6.54 Å². The number of aryl methyl sites for hydroxylation is 1. The molecule has 5 heteroatoms. The Morgan fingerprint density at radius 1 is 1.50 bits per heavy atom. The predicted octanol–water partition coefficient (Wildman–Crippen LogP) is 1.62. The van der Waals surface area contributed by atoms with Crippen molar-refractivity contribution in [2.45, 2.75) is 26.7 Å². The summed E-state index contributed by atoms with van der Waals surface area (Å²) in [5.74, 6) is -0.832. The summed E-state index contributed by atoms with van der Waals surface area (Å²) >= 11 is 0. The van der Waals surface area contributed by atoms with Crippen molar-refractivity contribution in [3.63, 3.8) is 0 Å². The highest BCUT2D eigenvalue weighted by molar-refractivity contribution is 5.95. The Morgan fingerprint density at radius 2 is 2.22 bits per heavy atom. The molecule has 0 radical (unpaired) electrons. The minimum atomic E-state index is -0.809. The third-order valence-electron chi connectivity index (χ3n) is 2.71. The molecule has 0 aliphatic carbocycles. The fourth-order valence-corrected chi connectivity index (χ4v) is 1.56. The number of aliphatic carboxylic acids is 1. The fourth-order valence-electron chi connectivity index (χ4n) is 1.56. The van der Waals surface area contributed by atoms with Crippen molar-refractivity contribution in [1.82, 2.24) is 10.3 Å². The van der Waals surface area contributed by atoms with Gasteiger partial charge in [-0.1, -0.05) is 6.92 Å². The standard InChI is InChI=1S/C13H18N2O3/c1-9(5-6-12(16)17)8-15-13(18)11-4-3-7-14-10(11)2/h3-4,7,9H,5-6,8H2,1-2H3,(H,15,18)(H,16,17). The van der Waals surface area contributed by atoms with E-state index in [0.717, 1.165) is 0 Å². The van der Waals surface area contributed by atoms with Crippen LogP contribution < -0.4 is 5.32 Å². The lowest BCUT2D eigenvalue weighted by Gasteiger charge is -2.12. The van der Waals surface area contributed by atoms with E-state index in [1.54, 1.807) is 25.3 Å². The van der Waals surface area contributed by atoms with Crippen molar-refractivity contribution in [3.8, 4) is 0 Å². The third-order valence-corrected chi connectivity index (χ3v) is 2.71. The zero-order valence-corrected chi connectivity index (χ0v) is 10.6. The molecule has 1 aromatic heterocycles. The monoisotopic (exact) mass is 250 g/mol. The lowest BCUT2D eigenvalue weighted by Crippen LogP contribution is -2.29. The SMILES string of the molecule is Cc1ncccc1C(=O)NCC(C)CCC(=O)O. The molecule has 0 aromatic carbocycles. The lowest BCUT2D eigenvalue weighted by atomic mass is 10.1. The van der Waals surface area contributed by atoms with Crippen molar-refractivity contribution in [2.24, 2.45) is 5.92 Å². The molecule has 1 unspecified atom stereocenters. The first-order valence-electron chi connectivity index (χ1n) is 5.92. The molecule has 0 spiro atoms. The topological polar surface area (TPSA) is 79.3 Å². The first kappa shape index (κ1) is 14.2. The number of carbonyl (C=O) groups is 2. The number of nitrogens with one attached hydrogen (secondary N) is 1. The Morgan fingerprint density at radius 3 is 2.83 bits per heavy atom. The van der Waals surface area contributed by atoms with E-state index in [1.807, 2.05) is 6.92 Å². The van der Waals surface area contributed by atoms with E-state index in [2.05, 4.69) is 10.3 Å². The molecule has 0 aliphatic heterocycles. The summed E-state index contributed by atoms with van der Waals surface area (Å²) in [6.45, 7) is 4.17. The van der Waals surface area contributed by atoms with Crippen LogP contribution in [0.2, 0.25) is 0 Å². The molecule has 2 N–H and O–H groups in total. The number of hydrogen-bond donors (Lipinski definition) is 2. The van der Waals surface area contributed by atoms with E-state index in [1.165, 1.54) is 0 Å². The van der Waals surface area contributed by atoms with Crippen LogP contribution >= 0.6 is 0 Å². The lowest BCUT2D eigenvalue weighted by molar-refractivity contribution is -0.137. The van der Waals surface area contributed by atoms with Crippen LogP contribution in [0.5, 0.6) is 0 Å². The Hall–Kier alpha value is -1.91. The molecular weight excluding hydrogens is 232 g/mol. The van der Waals surface area contributed by atoms with Crippen LogP contribution in [-0.4, -0.2) is 28.5 Å². The quantitative estimate of drug-likeness (QED) is 0.804. The summed E-state index contributed by atoms with van der Waals surface area (Å²) in [6.07, 6.45) is 2.33. The van der Waals surface area contributed by atoms with E-state index in [9.17, 15) is 9.59 Å². The van der Waals surface area contributed by atoms with E-state index in [-0.39, 0.29) is 18.2 Å². The second-order valence-electron chi connectivity index (χ2n) is 4.38. The van der Waals surface area contributed by atoms with E-state index >= 15 is 0 Å². The zero-order chi connectivity index (χ0) is 13.5. The summed E-state index contributed by atoms with van der Waals surface area (Å²) in [5, 5.41) is 11.3. The number of carboxylic acids is 1. The highest BCUT2D eigenvalue weighted by Crippen LogP contribution is 2.06. The maximum Gasteiger partial charge on any atom is 0.303 e. The number of rotatable bonds is 6. The van der Waals surface area contributed by atoms with Crippen LogP contribution in [0.25, 0.3) is 0 Å². The Bertz CT molecular complexity index is 432. The molecule has 1 rings (SSSR count). The number of carbonyl (C=O) groups excluding carboxylic acids is 1. The summed E-state index contributed by atoms with van der Waals surface area (Å²) in [6, 6.07) is 3.44. The molecule has 5 nitrogen and oxygen atoms in total. The van der Waals surface area contributed by atoms with Gasteiger partial charge >= 0.3 is 5.97 Å². The maximum absolute atomic E-state index is 11.8. The van der Waals surface area contributed by atoms with Crippen LogP contribution in [0.3, 0.4) is 0 Å². The van der Waals surface area contributed by atoms with Gasteiger partial charge in [0.2, 0.25) is 0 Å². The fraction of sp³-hybridized carbons (Fsp3) is 0.462. The Labute approximate surface area is 106 Å². The van der Waals surface area contributed by atoms with Crippen LogP contribution in [-0.2, 0) is 4.79 Å². The summed E-state index contributed by atoms with van der Waals surface area (Å²) in [7, 11) is 0. The molecular formula is C13H18N2O3. The average molecular weight is 250 g/mol. The summed E-state index contributed by atoms with van der Waals surface area (Å²) < 4.78 is 0. The van der Waals surface area contributed by atoms with Gasteiger partial charge in [-0.3, -0.25) is 14.6 Å². The van der Waals surface area contributed by atoms with Gasteiger partial charge in [-0.15, -0.1) is 0 Å².